The lowest BCUT2D eigenvalue weighted by molar-refractivity contribution is -0.131. The Kier molecular flexibility index (Phi) is 3.78. The smallest absolute Gasteiger partial charge is 0.404 e. The van der Waals surface area contributed by atoms with Crippen molar-refractivity contribution in [2.75, 3.05) is 6.54 Å². The van der Waals surface area contributed by atoms with Gasteiger partial charge in [0.15, 0.2) is 0 Å². The van der Waals surface area contributed by atoms with Crippen LogP contribution >= 0.6 is 0 Å². The molecule has 0 aromatic rings. The topological polar surface area (TPSA) is 49.3 Å². The fraction of sp³-hybridized carbons (Fsp3) is 0.800. The van der Waals surface area contributed by atoms with Crippen LogP contribution in [0.25, 0.3) is 0 Å². The Morgan fingerprint density at radius 1 is 1.50 bits per heavy atom. The molecule has 0 aromatic carbocycles. The number of hydrogen-bond acceptors (Lipinski definition) is 1. The minimum atomic E-state index is -4.12. The normalized spacial score (nSPS) is 11.8. The molecule has 0 bridgehead atoms. The van der Waals surface area contributed by atoms with Crippen molar-refractivity contribution >= 4 is 6.09 Å². The van der Waals surface area contributed by atoms with Crippen LogP contribution in [0, 0.1) is 0 Å². The number of rotatable bonds is 4. The number of halogens is 4. The second kappa shape index (κ2) is 4.13. The zero-order valence-electron chi connectivity index (χ0n) is 5.86. The van der Waals surface area contributed by atoms with E-state index in [0.717, 1.165) is 0 Å². The highest BCUT2D eigenvalue weighted by Crippen LogP contribution is 2.25. The fourth-order valence-electron chi connectivity index (χ4n) is 0.445. The molecule has 0 saturated heterocycles. The van der Waals surface area contributed by atoms with E-state index >= 15 is 0 Å². The molecule has 0 aliphatic rings. The van der Waals surface area contributed by atoms with Gasteiger partial charge in [-0.25, -0.2) is 22.4 Å². The molecule has 0 aromatic heterocycles. The summed E-state index contributed by atoms with van der Waals surface area (Å²) >= 11 is 0. The molecule has 0 radical (unpaired) electrons. The highest BCUT2D eigenvalue weighted by atomic mass is 19.3. The third-order valence-corrected chi connectivity index (χ3v) is 1.05. The molecule has 12 heavy (non-hydrogen) atoms. The zero-order chi connectivity index (χ0) is 9.78. The Hall–Kier alpha value is -1.01. The van der Waals surface area contributed by atoms with Crippen molar-refractivity contribution in [1.82, 2.24) is 5.32 Å². The van der Waals surface area contributed by atoms with Gasteiger partial charge < -0.3 is 10.4 Å². The molecular formula is C5H7F4NO2. The molecule has 1 amide bonds. The molecule has 72 valence electrons. The lowest BCUT2D eigenvalue weighted by atomic mass is 10.2. The maximum atomic E-state index is 12.0. The first-order chi connectivity index (χ1) is 5.36. The summed E-state index contributed by atoms with van der Waals surface area (Å²) in [6.07, 6.45) is -6.47. The van der Waals surface area contributed by atoms with Gasteiger partial charge in [-0.15, -0.1) is 0 Å². The van der Waals surface area contributed by atoms with Crippen LogP contribution in [-0.2, 0) is 0 Å². The molecule has 3 nitrogen and oxygen atoms in total. The summed E-state index contributed by atoms with van der Waals surface area (Å²) in [7, 11) is 0. The van der Waals surface area contributed by atoms with Gasteiger partial charge in [-0.2, -0.15) is 0 Å². The summed E-state index contributed by atoms with van der Waals surface area (Å²) in [5.41, 5.74) is 0. The molecule has 0 aliphatic heterocycles. The van der Waals surface area contributed by atoms with Crippen molar-refractivity contribution in [2.45, 2.75) is 18.8 Å². The minimum Gasteiger partial charge on any atom is -0.465 e. The number of hydrogen-bond donors (Lipinski definition) is 2. The van der Waals surface area contributed by atoms with E-state index in [2.05, 4.69) is 0 Å². The first-order valence-electron chi connectivity index (χ1n) is 2.99. The number of nitrogens with one attached hydrogen (secondary N) is 1. The van der Waals surface area contributed by atoms with Crippen molar-refractivity contribution in [1.29, 1.82) is 0 Å². The maximum absolute atomic E-state index is 12.0. The third kappa shape index (κ3) is 3.99. The molecule has 0 spiro atoms. The second-order valence-electron chi connectivity index (χ2n) is 2.04. The van der Waals surface area contributed by atoms with Gasteiger partial charge in [-0.1, -0.05) is 0 Å². The Balaban J connectivity index is 3.69. The summed E-state index contributed by atoms with van der Waals surface area (Å²) in [4.78, 5) is 9.71. The lowest BCUT2D eigenvalue weighted by Gasteiger charge is -2.14. The van der Waals surface area contributed by atoms with E-state index < -0.39 is 31.4 Å². The highest BCUT2D eigenvalue weighted by Gasteiger charge is 2.39. The zero-order valence-corrected chi connectivity index (χ0v) is 5.86. The van der Waals surface area contributed by atoms with Crippen LogP contribution in [0.15, 0.2) is 0 Å². The maximum Gasteiger partial charge on any atom is 0.404 e. The lowest BCUT2D eigenvalue weighted by Crippen LogP contribution is -2.33. The molecule has 0 aliphatic carbocycles. The first kappa shape index (κ1) is 11.0. The van der Waals surface area contributed by atoms with Crippen LogP contribution < -0.4 is 5.32 Å². The van der Waals surface area contributed by atoms with Gasteiger partial charge in [0.05, 0.1) is 0 Å². The number of alkyl halides is 4. The highest BCUT2D eigenvalue weighted by molar-refractivity contribution is 5.64. The van der Waals surface area contributed by atoms with Crippen LogP contribution in [0.5, 0.6) is 0 Å². The van der Waals surface area contributed by atoms with Crippen molar-refractivity contribution in [2.24, 2.45) is 0 Å². The standard InChI is InChI=1S/C5H7F4NO2/c6-3(7)5(8,9)1-2-10-4(11)12/h3,10H,1-2H2,(H,11,12). The van der Waals surface area contributed by atoms with Gasteiger partial charge in [0.1, 0.15) is 0 Å². The molecule has 0 saturated carbocycles. The Labute approximate surface area is 65.4 Å². The summed E-state index contributed by atoms with van der Waals surface area (Å²) < 4.78 is 46.9. The second-order valence-corrected chi connectivity index (χ2v) is 2.04. The predicted octanol–water partition coefficient (Wildman–Crippen LogP) is 1.54. The van der Waals surface area contributed by atoms with E-state index in [9.17, 15) is 22.4 Å². The summed E-state index contributed by atoms with van der Waals surface area (Å²) in [6.45, 7) is -0.688. The van der Waals surface area contributed by atoms with Crippen LogP contribution in [0.3, 0.4) is 0 Å². The molecule has 2 N–H and O–H groups in total. The quantitative estimate of drug-likeness (QED) is 0.659. The Bertz CT molecular complexity index is 162. The summed E-state index contributed by atoms with van der Waals surface area (Å²) in [5.74, 6) is -4.12. The molecule has 7 heteroatoms. The van der Waals surface area contributed by atoms with Crippen molar-refractivity contribution in [3.63, 3.8) is 0 Å². The van der Waals surface area contributed by atoms with Gasteiger partial charge in [-0.3, -0.25) is 0 Å². The molecular weight excluding hydrogens is 182 g/mol. The Morgan fingerprint density at radius 3 is 2.33 bits per heavy atom. The van der Waals surface area contributed by atoms with Crippen LogP contribution in [0.4, 0.5) is 22.4 Å². The molecule has 0 atom stereocenters. The van der Waals surface area contributed by atoms with Gasteiger partial charge in [0, 0.05) is 13.0 Å². The number of carboxylic acid groups (broad SMARTS) is 1. The molecule has 0 unspecified atom stereocenters. The minimum absolute atomic E-state index is 0.688. The molecule has 0 heterocycles. The van der Waals surface area contributed by atoms with E-state index in [0.29, 0.717) is 0 Å². The van der Waals surface area contributed by atoms with Gasteiger partial charge in [0.25, 0.3) is 0 Å². The van der Waals surface area contributed by atoms with Crippen LogP contribution in [0.2, 0.25) is 0 Å². The van der Waals surface area contributed by atoms with E-state index in [1.165, 1.54) is 0 Å². The Morgan fingerprint density at radius 2 is 2.00 bits per heavy atom. The largest absolute Gasteiger partial charge is 0.465 e. The summed E-state index contributed by atoms with van der Waals surface area (Å²) in [5, 5.41) is 9.47. The van der Waals surface area contributed by atoms with Gasteiger partial charge in [-0.05, 0) is 0 Å². The average Bonchev–Trinajstić information content (AvgIpc) is 1.85. The third-order valence-electron chi connectivity index (χ3n) is 1.05. The number of carbonyl (C=O) groups is 1. The van der Waals surface area contributed by atoms with E-state index in [4.69, 9.17) is 5.11 Å². The van der Waals surface area contributed by atoms with Crippen molar-refractivity contribution < 1.29 is 27.5 Å². The van der Waals surface area contributed by atoms with E-state index in [1.807, 2.05) is 0 Å². The summed E-state index contributed by atoms with van der Waals surface area (Å²) in [6, 6.07) is 0. The monoisotopic (exact) mass is 189 g/mol. The molecule has 0 fully saturated rings. The molecule has 0 rings (SSSR count). The fourth-order valence-corrected chi connectivity index (χ4v) is 0.445. The van der Waals surface area contributed by atoms with Crippen LogP contribution in [-0.4, -0.2) is 30.1 Å². The van der Waals surface area contributed by atoms with Crippen LogP contribution in [0.1, 0.15) is 6.42 Å². The predicted molar refractivity (Wildman–Crippen MR) is 31.6 cm³/mol. The van der Waals surface area contributed by atoms with Crippen molar-refractivity contribution in [3.8, 4) is 0 Å². The van der Waals surface area contributed by atoms with Gasteiger partial charge in [0.2, 0.25) is 0 Å². The first-order valence-corrected chi connectivity index (χ1v) is 2.99. The van der Waals surface area contributed by atoms with E-state index in [-0.39, 0.29) is 0 Å². The van der Waals surface area contributed by atoms with E-state index in [1.54, 1.807) is 5.32 Å². The SMILES string of the molecule is O=C(O)NCCC(F)(F)C(F)F. The number of amides is 1. The van der Waals surface area contributed by atoms with Crippen molar-refractivity contribution in [3.05, 3.63) is 0 Å². The average molecular weight is 189 g/mol. The van der Waals surface area contributed by atoms with Gasteiger partial charge >= 0.3 is 18.4 Å².